The van der Waals surface area contributed by atoms with Crippen molar-refractivity contribution in [3.8, 4) is 17.2 Å². The molecule has 1 aliphatic rings. The highest BCUT2D eigenvalue weighted by molar-refractivity contribution is 5.97. The summed E-state index contributed by atoms with van der Waals surface area (Å²) in [4.78, 5) is 24.9. The Balaban J connectivity index is 1.38. The molecule has 0 atom stereocenters. The number of amides is 2. The molecule has 164 valence electrons. The summed E-state index contributed by atoms with van der Waals surface area (Å²) in [5.74, 6) is 0.0466. The minimum atomic E-state index is -0.543. The first kappa shape index (κ1) is 21.2. The molecule has 32 heavy (non-hydrogen) atoms. The number of ether oxygens (including phenoxy) is 3. The molecule has 0 unspecified atom stereocenters. The lowest BCUT2D eigenvalue weighted by Gasteiger charge is -2.21. The van der Waals surface area contributed by atoms with Gasteiger partial charge in [0, 0.05) is 12.1 Å². The quantitative estimate of drug-likeness (QED) is 0.592. The maximum Gasteiger partial charge on any atom is 0.262 e. The van der Waals surface area contributed by atoms with E-state index in [2.05, 4.69) is 10.6 Å². The molecule has 2 amide bonds. The summed E-state index contributed by atoms with van der Waals surface area (Å²) in [7, 11) is 0. The molecule has 0 radical (unpaired) electrons. The molecule has 4 rings (SSSR count). The largest absolute Gasteiger partial charge is 0.486 e. The Bertz CT molecular complexity index is 1130. The second-order valence-electron chi connectivity index (χ2n) is 6.94. The molecule has 3 aromatic rings. The molecule has 1 aliphatic heterocycles. The molecule has 8 heteroatoms. The average Bonchev–Trinajstić information content (AvgIpc) is 2.83. The number of hydrogen-bond acceptors (Lipinski definition) is 5. The van der Waals surface area contributed by atoms with Crippen LogP contribution in [0, 0.1) is 5.82 Å². The summed E-state index contributed by atoms with van der Waals surface area (Å²) < 4.78 is 30.4. The van der Waals surface area contributed by atoms with Crippen LogP contribution in [0.3, 0.4) is 0 Å². The third kappa shape index (κ3) is 4.97. The number of anilines is 1. The highest BCUT2D eigenvalue weighted by Crippen LogP contribution is 2.33. The van der Waals surface area contributed by atoms with Gasteiger partial charge in [-0.05, 0) is 30.3 Å². The van der Waals surface area contributed by atoms with Crippen molar-refractivity contribution in [3.05, 3.63) is 83.7 Å². The Hall–Kier alpha value is -4.07. The molecule has 0 aliphatic carbocycles. The van der Waals surface area contributed by atoms with Gasteiger partial charge in [-0.3, -0.25) is 9.59 Å². The van der Waals surface area contributed by atoms with Crippen molar-refractivity contribution in [1.82, 2.24) is 5.32 Å². The van der Waals surface area contributed by atoms with Crippen LogP contribution in [0.25, 0.3) is 0 Å². The van der Waals surface area contributed by atoms with Gasteiger partial charge in [0.25, 0.3) is 11.8 Å². The zero-order chi connectivity index (χ0) is 22.3. The van der Waals surface area contributed by atoms with Gasteiger partial charge in [0.1, 0.15) is 24.8 Å². The van der Waals surface area contributed by atoms with Crippen LogP contribution in [0.15, 0.2) is 66.7 Å². The molecule has 0 bridgehead atoms. The van der Waals surface area contributed by atoms with Gasteiger partial charge in [-0.25, -0.2) is 4.39 Å². The normalized spacial score (nSPS) is 12.0. The number of carbonyl (C=O) groups is 2. The molecule has 0 saturated carbocycles. The van der Waals surface area contributed by atoms with Gasteiger partial charge in [0.2, 0.25) is 0 Å². The molecular weight excluding hydrogens is 415 g/mol. The molecular formula is C24H21FN2O5. The van der Waals surface area contributed by atoms with E-state index in [0.717, 1.165) is 5.56 Å². The summed E-state index contributed by atoms with van der Waals surface area (Å²) >= 11 is 0. The minimum Gasteiger partial charge on any atom is -0.486 e. The van der Waals surface area contributed by atoms with E-state index in [4.69, 9.17) is 14.2 Å². The fraction of sp³-hybridized carbons (Fsp3) is 0.167. The molecule has 0 aromatic heterocycles. The highest BCUT2D eigenvalue weighted by atomic mass is 19.1. The predicted octanol–water partition coefficient (Wildman–Crippen LogP) is 3.54. The molecule has 0 fully saturated rings. The summed E-state index contributed by atoms with van der Waals surface area (Å²) in [5.41, 5.74) is 1.12. The van der Waals surface area contributed by atoms with Crippen molar-refractivity contribution in [2.45, 2.75) is 6.54 Å². The number of nitrogens with one attached hydrogen (secondary N) is 2. The van der Waals surface area contributed by atoms with Crippen molar-refractivity contribution < 1.29 is 28.2 Å². The fourth-order valence-corrected chi connectivity index (χ4v) is 3.22. The minimum absolute atomic E-state index is 0.0597. The number of hydrogen-bond donors (Lipinski definition) is 2. The first-order valence-electron chi connectivity index (χ1n) is 10.0. The van der Waals surface area contributed by atoms with E-state index >= 15 is 0 Å². The molecule has 0 saturated heterocycles. The zero-order valence-corrected chi connectivity index (χ0v) is 17.1. The van der Waals surface area contributed by atoms with Crippen LogP contribution < -0.4 is 24.8 Å². The molecule has 0 spiro atoms. The van der Waals surface area contributed by atoms with Crippen LogP contribution in [-0.4, -0.2) is 31.6 Å². The Morgan fingerprint density at radius 2 is 1.72 bits per heavy atom. The number of rotatable bonds is 7. The topological polar surface area (TPSA) is 85.9 Å². The van der Waals surface area contributed by atoms with Gasteiger partial charge in [-0.15, -0.1) is 0 Å². The summed E-state index contributed by atoms with van der Waals surface area (Å²) in [6, 6.07) is 17.9. The first-order chi connectivity index (χ1) is 15.6. The van der Waals surface area contributed by atoms with Gasteiger partial charge >= 0.3 is 0 Å². The zero-order valence-electron chi connectivity index (χ0n) is 17.1. The Labute approximate surface area is 184 Å². The molecule has 2 N–H and O–H groups in total. The maximum absolute atomic E-state index is 13.7. The fourth-order valence-electron chi connectivity index (χ4n) is 3.22. The van der Waals surface area contributed by atoms with E-state index in [1.54, 1.807) is 30.3 Å². The Kier molecular flexibility index (Phi) is 6.50. The number of halogens is 1. The molecule has 1 heterocycles. The monoisotopic (exact) mass is 436 g/mol. The van der Waals surface area contributed by atoms with Crippen LogP contribution >= 0.6 is 0 Å². The number of para-hydroxylation sites is 3. The van der Waals surface area contributed by atoms with Crippen LogP contribution in [0.5, 0.6) is 17.2 Å². The lowest BCUT2D eigenvalue weighted by Crippen LogP contribution is -2.26. The summed E-state index contributed by atoms with van der Waals surface area (Å²) in [6.45, 7) is 0.783. The smallest absolute Gasteiger partial charge is 0.262 e. The summed E-state index contributed by atoms with van der Waals surface area (Å²) in [6.07, 6.45) is 0. The van der Waals surface area contributed by atoms with E-state index in [0.29, 0.717) is 24.7 Å². The van der Waals surface area contributed by atoms with Crippen LogP contribution in [0.4, 0.5) is 10.1 Å². The maximum atomic E-state index is 13.7. The van der Waals surface area contributed by atoms with E-state index in [-0.39, 0.29) is 36.1 Å². The van der Waals surface area contributed by atoms with E-state index in [9.17, 15) is 14.0 Å². The standard InChI is InChI=1S/C24H21FN2O5/c25-18-8-2-3-9-19(18)27-22(28)15-32-20-10-4-1-7-17(20)24(29)26-14-16-6-5-11-21-23(16)31-13-12-30-21/h1-11H,12-15H2,(H,26,29)(H,27,28). The van der Waals surface area contributed by atoms with Crippen LogP contribution in [-0.2, 0) is 11.3 Å². The predicted molar refractivity (Wildman–Crippen MR) is 116 cm³/mol. The van der Waals surface area contributed by atoms with Crippen molar-refractivity contribution >= 4 is 17.5 Å². The van der Waals surface area contributed by atoms with Gasteiger partial charge in [0.15, 0.2) is 18.1 Å². The number of carbonyl (C=O) groups excluding carboxylic acids is 2. The van der Waals surface area contributed by atoms with Gasteiger partial charge in [-0.1, -0.05) is 36.4 Å². The lowest BCUT2D eigenvalue weighted by molar-refractivity contribution is -0.118. The number of benzene rings is 3. The van der Waals surface area contributed by atoms with Crippen molar-refractivity contribution in [1.29, 1.82) is 0 Å². The van der Waals surface area contributed by atoms with Crippen molar-refractivity contribution in [3.63, 3.8) is 0 Å². The first-order valence-corrected chi connectivity index (χ1v) is 10.0. The third-order valence-corrected chi connectivity index (χ3v) is 4.73. The van der Waals surface area contributed by atoms with Crippen LogP contribution in [0.2, 0.25) is 0 Å². The van der Waals surface area contributed by atoms with E-state index in [1.165, 1.54) is 18.2 Å². The highest BCUT2D eigenvalue weighted by Gasteiger charge is 2.18. The Morgan fingerprint density at radius 1 is 0.938 bits per heavy atom. The third-order valence-electron chi connectivity index (χ3n) is 4.73. The average molecular weight is 436 g/mol. The second kappa shape index (κ2) is 9.82. The number of fused-ring (bicyclic) bond motifs is 1. The Morgan fingerprint density at radius 3 is 2.59 bits per heavy atom. The van der Waals surface area contributed by atoms with Crippen molar-refractivity contribution in [2.75, 3.05) is 25.1 Å². The lowest BCUT2D eigenvalue weighted by atomic mass is 10.1. The van der Waals surface area contributed by atoms with Gasteiger partial charge in [0.05, 0.1) is 11.3 Å². The van der Waals surface area contributed by atoms with Crippen LogP contribution in [0.1, 0.15) is 15.9 Å². The molecule has 3 aromatic carbocycles. The van der Waals surface area contributed by atoms with Crippen molar-refractivity contribution in [2.24, 2.45) is 0 Å². The molecule has 7 nitrogen and oxygen atoms in total. The van der Waals surface area contributed by atoms with Gasteiger partial charge in [-0.2, -0.15) is 0 Å². The van der Waals surface area contributed by atoms with E-state index in [1.807, 2.05) is 18.2 Å². The van der Waals surface area contributed by atoms with Gasteiger partial charge < -0.3 is 24.8 Å². The summed E-state index contributed by atoms with van der Waals surface area (Å²) in [5, 5.41) is 5.28. The van der Waals surface area contributed by atoms with E-state index < -0.39 is 11.7 Å². The second-order valence-corrected chi connectivity index (χ2v) is 6.94. The SMILES string of the molecule is O=C(COc1ccccc1C(=O)NCc1cccc2c1OCCO2)Nc1ccccc1F.